The first-order valence-corrected chi connectivity index (χ1v) is 12.0. The molecule has 1 aliphatic rings. The van der Waals surface area contributed by atoms with Crippen molar-refractivity contribution in [3.05, 3.63) is 72.1 Å². The van der Waals surface area contributed by atoms with E-state index in [2.05, 4.69) is 9.88 Å². The van der Waals surface area contributed by atoms with Crippen molar-refractivity contribution in [3.8, 4) is 5.75 Å². The van der Waals surface area contributed by atoms with Crippen LogP contribution in [0.5, 0.6) is 5.75 Å². The highest BCUT2D eigenvalue weighted by atomic mass is 16.5. The van der Waals surface area contributed by atoms with E-state index in [-0.39, 0.29) is 5.92 Å². The topological polar surface area (TPSA) is 96.0 Å². The molecule has 0 bridgehead atoms. The molecule has 2 N–H and O–H groups in total. The first-order chi connectivity index (χ1) is 17.0. The van der Waals surface area contributed by atoms with Crippen LogP contribution < -0.4 is 4.74 Å². The summed E-state index contributed by atoms with van der Waals surface area (Å²) in [5, 5.41) is 22.9. The first-order valence-electron chi connectivity index (χ1n) is 12.0. The second kappa shape index (κ2) is 10.1. The maximum atomic E-state index is 12.1. The normalized spacial score (nSPS) is 19.7. The van der Waals surface area contributed by atoms with Gasteiger partial charge in [-0.15, -0.1) is 0 Å². The number of carboxylic acids is 1. The third-order valence-electron chi connectivity index (χ3n) is 7.15. The number of hydrogen-bond donors (Lipinski definition) is 2. The lowest BCUT2D eigenvalue weighted by atomic mass is 9.81. The van der Waals surface area contributed by atoms with E-state index in [1.54, 1.807) is 13.3 Å². The maximum Gasteiger partial charge on any atom is 0.308 e. The van der Waals surface area contributed by atoms with Crippen molar-refractivity contribution in [3.63, 3.8) is 0 Å². The third-order valence-corrected chi connectivity index (χ3v) is 7.15. The lowest BCUT2D eigenvalue weighted by Gasteiger charge is -2.36. The standard InChI is InChI=1S/C28H30N2O5/c1-34-20-14-23-22(6-4-7-25(23)29-15-20)26(31)10-9-18-11-12-30(17-24(18)28(32)33)16-21-13-19-5-2-3-8-27(19)35-21/h2-8,13-15,18,24,26,31H,9-12,16-17H2,1H3,(H,32,33)/t18-,24+,26+/m1/s1. The van der Waals surface area contributed by atoms with E-state index < -0.39 is 18.0 Å². The molecule has 4 aromatic rings. The van der Waals surface area contributed by atoms with Crippen LogP contribution in [0.4, 0.5) is 0 Å². The van der Waals surface area contributed by atoms with E-state index in [9.17, 15) is 15.0 Å². The first kappa shape index (κ1) is 23.3. The Balaban J connectivity index is 1.24. The van der Waals surface area contributed by atoms with Crippen LogP contribution in [0.25, 0.3) is 21.9 Å². The minimum atomic E-state index is -0.780. The molecule has 0 radical (unpaired) electrons. The van der Waals surface area contributed by atoms with E-state index in [4.69, 9.17) is 9.15 Å². The molecular weight excluding hydrogens is 444 g/mol. The number of benzene rings is 2. The zero-order chi connectivity index (χ0) is 24.4. The second-order valence-corrected chi connectivity index (χ2v) is 9.36. The lowest BCUT2D eigenvalue weighted by Crippen LogP contribution is -2.43. The molecule has 7 nitrogen and oxygen atoms in total. The Bertz CT molecular complexity index is 1300. The molecule has 0 spiro atoms. The fraction of sp³-hybridized carbons (Fsp3) is 0.357. The van der Waals surface area contributed by atoms with Gasteiger partial charge in [0, 0.05) is 17.3 Å². The molecule has 2 aromatic heterocycles. The summed E-state index contributed by atoms with van der Waals surface area (Å²) in [6, 6.07) is 17.5. The molecular formula is C28H30N2O5. The van der Waals surface area contributed by atoms with Crippen LogP contribution >= 0.6 is 0 Å². The summed E-state index contributed by atoms with van der Waals surface area (Å²) in [5.41, 5.74) is 2.44. The minimum absolute atomic E-state index is 0.0108. The average molecular weight is 475 g/mol. The summed E-state index contributed by atoms with van der Waals surface area (Å²) in [5.74, 6) is 0.244. The van der Waals surface area contributed by atoms with Crippen molar-refractivity contribution in [2.75, 3.05) is 20.2 Å². The number of aliphatic hydroxyl groups excluding tert-OH is 1. The summed E-state index contributed by atoms with van der Waals surface area (Å²) < 4.78 is 11.2. The maximum absolute atomic E-state index is 12.1. The van der Waals surface area contributed by atoms with Crippen LogP contribution in [0.1, 0.15) is 36.7 Å². The Morgan fingerprint density at radius 1 is 1.23 bits per heavy atom. The summed E-state index contributed by atoms with van der Waals surface area (Å²) in [7, 11) is 1.59. The van der Waals surface area contributed by atoms with Crippen molar-refractivity contribution >= 4 is 27.8 Å². The molecule has 0 saturated carbocycles. The molecule has 0 unspecified atom stereocenters. The van der Waals surface area contributed by atoms with E-state index in [1.165, 1.54) is 0 Å². The number of hydrogen-bond acceptors (Lipinski definition) is 6. The van der Waals surface area contributed by atoms with Gasteiger partial charge >= 0.3 is 5.97 Å². The predicted octanol–water partition coefficient (Wildman–Crippen LogP) is 5.03. The highest BCUT2D eigenvalue weighted by Gasteiger charge is 2.34. The van der Waals surface area contributed by atoms with Gasteiger partial charge in [-0.3, -0.25) is 14.7 Å². The number of carbonyl (C=O) groups is 1. The zero-order valence-corrected chi connectivity index (χ0v) is 19.8. The van der Waals surface area contributed by atoms with Crippen LogP contribution in [0.3, 0.4) is 0 Å². The van der Waals surface area contributed by atoms with Crippen LogP contribution in [0.15, 0.2) is 65.2 Å². The quantitative estimate of drug-likeness (QED) is 0.370. The molecule has 5 rings (SSSR count). The smallest absolute Gasteiger partial charge is 0.308 e. The number of aliphatic hydroxyl groups is 1. The minimum Gasteiger partial charge on any atom is -0.495 e. The molecule has 0 amide bonds. The largest absolute Gasteiger partial charge is 0.495 e. The molecule has 1 aliphatic heterocycles. The van der Waals surface area contributed by atoms with Gasteiger partial charge in [0.2, 0.25) is 0 Å². The Labute approximate surface area is 203 Å². The Hall–Kier alpha value is -3.42. The number of likely N-dealkylation sites (tertiary alicyclic amines) is 1. The van der Waals surface area contributed by atoms with Crippen LogP contribution in [-0.4, -0.2) is 46.3 Å². The summed E-state index contributed by atoms with van der Waals surface area (Å²) in [6.07, 6.45) is 2.87. The van der Waals surface area contributed by atoms with Gasteiger partial charge in [0.1, 0.15) is 17.1 Å². The number of carboxylic acid groups (broad SMARTS) is 1. The van der Waals surface area contributed by atoms with Crippen molar-refractivity contribution in [2.45, 2.75) is 31.9 Å². The SMILES string of the molecule is COc1cnc2cccc([C@@H](O)CC[C@@H]3CCN(Cc4cc5ccccc5o4)C[C@@H]3C(=O)O)c2c1. The number of pyridine rings is 1. The third kappa shape index (κ3) is 5.01. The summed E-state index contributed by atoms with van der Waals surface area (Å²) in [6.45, 7) is 1.87. The van der Waals surface area contributed by atoms with Gasteiger partial charge in [0.25, 0.3) is 0 Å². The molecule has 1 fully saturated rings. The van der Waals surface area contributed by atoms with E-state index >= 15 is 0 Å². The highest BCUT2D eigenvalue weighted by Crippen LogP contribution is 2.34. The van der Waals surface area contributed by atoms with E-state index in [0.29, 0.717) is 31.7 Å². The van der Waals surface area contributed by atoms with Crippen LogP contribution in [-0.2, 0) is 11.3 Å². The summed E-state index contributed by atoms with van der Waals surface area (Å²) >= 11 is 0. The predicted molar refractivity (Wildman–Crippen MR) is 133 cm³/mol. The van der Waals surface area contributed by atoms with Crippen molar-refractivity contribution in [1.82, 2.24) is 9.88 Å². The van der Waals surface area contributed by atoms with Gasteiger partial charge in [-0.05, 0) is 61.6 Å². The van der Waals surface area contributed by atoms with Gasteiger partial charge in [-0.25, -0.2) is 0 Å². The Kier molecular flexibility index (Phi) is 6.70. The Morgan fingerprint density at radius 3 is 2.89 bits per heavy atom. The number of furan rings is 1. The average Bonchev–Trinajstić information content (AvgIpc) is 3.29. The molecule has 182 valence electrons. The van der Waals surface area contributed by atoms with E-state index in [1.807, 2.05) is 54.6 Å². The molecule has 7 heteroatoms. The number of methoxy groups -OCH3 is 1. The van der Waals surface area contributed by atoms with Gasteiger partial charge in [0.05, 0.1) is 37.4 Å². The number of nitrogens with zero attached hydrogens (tertiary/aromatic N) is 2. The van der Waals surface area contributed by atoms with Crippen molar-refractivity contribution in [2.24, 2.45) is 11.8 Å². The second-order valence-electron chi connectivity index (χ2n) is 9.36. The number of ether oxygens (including phenoxy) is 1. The van der Waals surface area contributed by atoms with Crippen molar-refractivity contribution < 1.29 is 24.2 Å². The van der Waals surface area contributed by atoms with Gasteiger partial charge < -0.3 is 19.4 Å². The molecule has 2 aromatic carbocycles. The van der Waals surface area contributed by atoms with Gasteiger partial charge in [-0.2, -0.15) is 0 Å². The van der Waals surface area contributed by atoms with Gasteiger partial charge in [-0.1, -0.05) is 30.3 Å². The summed E-state index contributed by atoms with van der Waals surface area (Å²) in [4.78, 5) is 18.7. The van der Waals surface area contributed by atoms with Crippen LogP contribution in [0, 0.1) is 11.8 Å². The molecule has 3 atom stereocenters. The molecule has 1 saturated heterocycles. The van der Waals surface area contributed by atoms with Crippen LogP contribution in [0.2, 0.25) is 0 Å². The number of piperidine rings is 1. The fourth-order valence-corrected chi connectivity index (χ4v) is 5.25. The molecule has 3 heterocycles. The number of para-hydroxylation sites is 1. The van der Waals surface area contributed by atoms with E-state index in [0.717, 1.165) is 46.2 Å². The zero-order valence-electron chi connectivity index (χ0n) is 19.8. The fourth-order valence-electron chi connectivity index (χ4n) is 5.25. The van der Waals surface area contributed by atoms with Gasteiger partial charge in [0.15, 0.2) is 0 Å². The monoisotopic (exact) mass is 474 g/mol. The lowest BCUT2D eigenvalue weighted by molar-refractivity contribution is -0.146. The number of aliphatic carboxylic acids is 1. The number of aromatic nitrogens is 1. The Morgan fingerprint density at radius 2 is 2.09 bits per heavy atom. The van der Waals surface area contributed by atoms with Crippen molar-refractivity contribution in [1.29, 1.82) is 0 Å². The number of rotatable bonds is 8. The highest BCUT2D eigenvalue weighted by molar-refractivity contribution is 5.83. The molecule has 35 heavy (non-hydrogen) atoms. The number of fused-ring (bicyclic) bond motifs is 2. The molecule has 0 aliphatic carbocycles.